The lowest BCUT2D eigenvalue weighted by molar-refractivity contribution is 0.0982. The Morgan fingerprint density at radius 2 is 2.25 bits per heavy atom. The molecule has 3 heteroatoms. The van der Waals surface area contributed by atoms with E-state index in [-0.39, 0.29) is 10.6 Å². The molecule has 1 rings (SSSR count). The Bertz CT molecular complexity index is 254. The second-order valence-corrected chi connectivity index (χ2v) is 4.92. The van der Waals surface area contributed by atoms with Gasteiger partial charge in [0.1, 0.15) is 0 Å². The van der Waals surface area contributed by atoms with Crippen molar-refractivity contribution in [1.82, 2.24) is 0 Å². The van der Waals surface area contributed by atoms with Crippen LogP contribution < -0.4 is 0 Å². The van der Waals surface area contributed by atoms with Crippen molar-refractivity contribution in [3.8, 4) is 0 Å². The van der Waals surface area contributed by atoms with Gasteiger partial charge in [0.25, 0.3) is 0 Å². The minimum absolute atomic E-state index is 0.0452. The molecule has 66 valence electrons. The molecule has 0 amide bonds. The molecule has 0 radical (unpaired) electrons. The number of Topliss-reactive ketones (excluding diaryl/α,β-unsaturated/α-hetero) is 1. The molecule has 12 heavy (non-hydrogen) atoms. The fourth-order valence-electron chi connectivity index (χ4n) is 0.857. The number of hydrogen-bond donors (Lipinski definition) is 0. The molecule has 1 aromatic heterocycles. The summed E-state index contributed by atoms with van der Waals surface area (Å²) in [6.45, 7) is 4.07. The molecule has 0 aromatic carbocycles. The van der Waals surface area contributed by atoms with E-state index in [9.17, 15) is 4.79 Å². The van der Waals surface area contributed by atoms with Gasteiger partial charge in [-0.2, -0.15) is 0 Å². The smallest absolute Gasteiger partial charge is 0.186 e. The Kier molecular flexibility index (Phi) is 3.47. The number of ketones is 1. The molecular formula is C9H11BrOS. The zero-order valence-electron chi connectivity index (χ0n) is 7.08. The van der Waals surface area contributed by atoms with E-state index in [4.69, 9.17) is 0 Å². The molecule has 0 saturated carbocycles. The van der Waals surface area contributed by atoms with Gasteiger partial charge in [0, 0.05) is 0 Å². The maximum Gasteiger partial charge on any atom is 0.186 e. The van der Waals surface area contributed by atoms with Gasteiger partial charge < -0.3 is 0 Å². The minimum Gasteiger partial charge on any atom is -0.292 e. The Morgan fingerprint density at radius 1 is 1.58 bits per heavy atom. The van der Waals surface area contributed by atoms with Gasteiger partial charge in [-0.3, -0.25) is 4.79 Å². The van der Waals surface area contributed by atoms with Crippen LogP contribution >= 0.6 is 27.3 Å². The molecule has 0 aliphatic carbocycles. The van der Waals surface area contributed by atoms with Crippen molar-refractivity contribution in [3.63, 3.8) is 0 Å². The standard InChI is InChI=1S/C9H11BrOS/c1-6(2)8(10)9(11)7-4-3-5-12-7/h3-6,8H,1-2H3. The van der Waals surface area contributed by atoms with Gasteiger partial charge in [0.05, 0.1) is 9.70 Å². The maximum atomic E-state index is 11.6. The van der Waals surface area contributed by atoms with Crippen LogP contribution in [0.25, 0.3) is 0 Å². The molecule has 1 atom stereocenters. The molecule has 0 saturated heterocycles. The molecule has 0 bridgehead atoms. The van der Waals surface area contributed by atoms with E-state index in [2.05, 4.69) is 15.9 Å². The van der Waals surface area contributed by atoms with Crippen molar-refractivity contribution >= 4 is 33.0 Å². The van der Waals surface area contributed by atoms with Crippen LogP contribution in [0.15, 0.2) is 17.5 Å². The molecule has 0 aliphatic rings. The van der Waals surface area contributed by atoms with Crippen LogP contribution in [-0.2, 0) is 0 Å². The van der Waals surface area contributed by atoms with Gasteiger partial charge in [-0.1, -0.05) is 35.8 Å². The molecule has 1 aromatic rings. The number of carbonyl (C=O) groups excluding carboxylic acids is 1. The number of thiophene rings is 1. The van der Waals surface area contributed by atoms with Crippen molar-refractivity contribution < 1.29 is 4.79 Å². The van der Waals surface area contributed by atoms with Crippen LogP contribution in [-0.4, -0.2) is 10.6 Å². The van der Waals surface area contributed by atoms with Crippen molar-refractivity contribution in [2.24, 2.45) is 5.92 Å². The van der Waals surface area contributed by atoms with Crippen LogP contribution in [0.1, 0.15) is 23.5 Å². The monoisotopic (exact) mass is 246 g/mol. The molecule has 1 nitrogen and oxygen atoms in total. The molecule has 0 aliphatic heterocycles. The fourth-order valence-corrected chi connectivity index (χ4v) is 1.96. The summed E-state index contributed by atoms with van der Waals surface area (Å²) in [7, 11) is 0. The molecule has 0 fully saturated rings. The highest BCUT2D eigenvalue weighted by molar-refractivity contribution is 9.10. The largest absolute Gasteiger partial charge is 0.292 e. The highest BCUT2D eigenvalue weighted by Gasteiger charge is 2.20. The predicted octanol–water partition coefficient (Wildman–Crippen LogP) is 3.35. The SMILES string of the molecule is CC(C)C(Br)C(=O)c1cccs1. The first-order chi connectivity index (χ1) is 5.63. The van der Waals surface area contributed by atoms with Crippen LogP contribution in [0.5, 0.6) is 0 Å². The van der Waals surface area contributed by atoms with Gasteiger partial charge in [-0.05, 0) is 17.4 Å². The van der Waals surface area contributed by atoms with Gasteiger partial charge >= 0.3 is 0 Å². The van der Waals surface area contributed by atoms with E-state index in [0.717, 1.165) is 4.88 Å². The maximum absolute atomic E-state index is 11.6. The summed E-state index contributed by atoms with van der Waals surface area (Å²) in [4.78, 5) is 12.4. The first-order valence-corrected chi connectivity index (χ1v) is 5.64. The highest BCUT2D eigenvalue weighted by Crippen LogP contribution is 2.20. The topological polar surface area (TPSA) is 17.1 Å². The van der Waals surface area contributed by atoms with Crippen molar-refractivity contribution in [3.05, 3.63) is 22.4 Å². The van der Waals surface area contributed by atoms with Gasteiger partial charge in [0.15, 0.2) is 5.78 Å². The minimum atomic E-state index is -0.0452. The lowest BCUT2D eigenvalue weighted by atomic mass is 10.1. The third-order valence-corrected chi connectivity index (χ3v) is 3.96. The molecule has 1 unspecified atom stereocenters. The van der Waals surface area contributed by atoms with E-state index in [1.54, 1.807) is 0 Å². The van der Waals surface area contributed by atoms with E-state index in [1.807, 2.05) is 31.4 Å². The van der Waals surface area contributed by atoms with Crippen LogP contribution in [0, 0.1) is 5.92 Å². The second-order valence-electron chi connectivity index (χ2n) is 2.99. The Labute approximate surface area is 84.9 Å². The van der Waals surface area contributed by atoms with E-state index in [0.29, 0.717) is 5.92 Å². The number of halogens is 1. The average molecular weight is 247 g/mol. The average Bonchev–Trinajstić information content (AvgIpc) is 2.53. The summed E-state index contributed by atoms with van der Waals surface area (Å²) in [6.07, 6.45) is 0. The second kappa shape index (κ2) is 4.19. The predicted molar refractivity (Wildman–Crippen MR) is 56.2 cm³/mol. The first-order valence-electron chi connectivity index (χ1n) is 3.84. The summed E-state index contributed by atoms with van der Waals surface area (Å²) < 4.78 is 0. The third kappa shape index (κ3) is 2.17. The molecule has 1 heterocycles. The number of carbonyl (C=O) groups is 1. The fraction of sp³-hybridized carbons (Fsp3) is 0.444. The van der Waals surface area contributed by atoms with Gasteiger partial charge in [0.2, 0.25) is 0 Å². The lowest BCUT2D eigenvalue weighted by Gasteiger charge is -2.10. The van der Waals surface area contributed by atoms with Crippen LogP contribution in [0.4, 0.5) is 0 Å². The van der Waals surface area contributed by atoms with Gasteiger partial charge in [-0.15, -0.1) is 11.3 Å². The summed E-state index contributed by atoms with van der Waals surface area (Å²) in [6, 6.07) is 3.77. The Hall–Kier alpha value is -0.150. The van der Waals surface area contributed by atoms with E-state index >= 15 is 0 Å². The van der Waals surface area contributed by atoms with E-state index < -0.39 is 0 Å². The highest BCUT2D eigenvalue weighted by atomic mass is 79.9. The quantitative estimate of drug-likeness (QED) is 0.591. The lowest BCUT2D eigenvalue weighted by Crippen LogP contribution is -2.18. The van der Waals surface area contributed by atoms with Crippen molar-refractivity contribution in [1.29, 1.82) is 0 Å². The van der Waals surface area contributed by atoms with Crippen molar-refractivity contribution in [2.45, 2.75) is 18.7 Å². The summed E-state index contributed by atoms with van der Waals surface area (Å²) in [5.74, 6) is 0.541. The molecular weight excluding hydrogens is 236 g/mol. The Morgan fingerprint density at radius 3 is 2.67 bits per heavy atom. The summed E-state index contributed by atoms with van der Waals surface area (Å²) in [5, 5.41) is 1.92. The number of alkyl halides is 1. The molecule has 0 N–H and O–H groups in total. The zero-order valence-corrected chi connectivity index (χ0v) is 9.48. The van der Waals surface area contributed by atoms with Gasteiger partial charge in [-0.25, -0.2) is 0 Å². The van der Waals surface area contributed by atoms with Crippen LogP contribution in [0.3, 0.4) is 0 Å². The van der Waals surface area contributed by atoms with Crippen molar-refractivity contribution in [2.75, 3.05) is 0 Å². The Balaban J connectivity index is 2.72. The summed E-state index contributed by atoms with van der Waals surface area (Å²) >= 11 is 4.88. The summed E-state index contributed by atoms with van der Waals surface area (Å²) in [5.41, 5.74) is 0. The number of rotatable bonds is 3. The van der Waals surface area contributed by atoms with Crippen LogP contribution in [0.2, 0.25) is 0 Å². The van der Waals surface area contributed by atoms with E-state index in [1.165, 1.54) is 11.3 Å². The third-order valence-electron chi connectivity index (χ3n) is 1.60. The molecule has 0 spiro atoms. The zero-order chi connectivity index (χ0) is 9.14. The normalized spacial score (nSPS) is 13.3. The first kappa shape index (κ1) is 9.93. The number of hydrogen-bond acceptors (Lipinski definition) is 2.